The van der Waals surface area contributed by atoms with Crippen LogP contribution in [0.4, 0.5) is 10.1 Å². The zero-order chi connectivity index (χ0) is 19.9. The first-order chi connectivity index (χ1) is 13.6. The predicted octanol–water partition coefficient (Wildman–Crippen LogP) is 4.17. The van der Waals surface area contributed by atoms with E-state index in [1.54, 1.807) is 30.6 Å². The molecular weight excluding hydrogens is 377 g/mol. The van der Waals surface area contributed by atoms with Crippen LogP contribution in [-0.4, -0.2) is 30.9 Å². The molecule has 0 aliphatic heterocycles. The van der Waals surface area contributed by atoms with Gasteiger partial charge in [0.05, 0.1) is 10.9 Å². The third-order valence-electron chi connectivity index (χ3n) is 3.99. The lowest BCUT2D eigenvalue weighted by molar-refractivity contribution is -0.115. The topological polar surface area (TPSA) is 72.7 Å². The lowest BCUT2D eigenvalue weighted by Gasteiger charge is -2.15. The summed E-state index contributed by atoms with van der Waals surface area (Å²) in [6.45, 7) is 6.18. The van der Waals surface area contributed by atoms with Crippen molar-refractivity contribution in [2.75, 3.05) is 5.32 Å². The largest absolute Gasteiger partial charge is 0.323 e. The maximum absolute atomic E-state index is 13.8. The number of allylic oxidation sites excluding steroid dienone is 1. The Morgan fingerprint density at radius 3 is 2.82 bits per heavy atom. The van der Waals surface area contributed by atoms with Crippen LogP contribution in [0.2, 0.25) is 0 Å². The monoisotopic (exact) mass is 397 g/mol. The molecule has 2 heterocycles. The number of anilines is 1. The Kier molecular flexibility index (Phi) is 6.54. The second-order valence-electron chi connectivity index (χ2n) is 5.93. The summed E-state index contributed by atoms with van der Waals surface area (Å²) < 4.78 is 15.7. The number of amides is 1. The number of thioether (sulfide) groups is 1. The Hall–Kier alpha value is -3.00. The van der Waals surface area contributed by atoms with Gasteiger partial charge in [0.1, 0.15) is 5.82 Å². The highest BCUT2D eigenvalue weighted by Gasteiger charge is 2.23. The fourth-order valence-corrected chi connectivity index (χ4v) is 3.57. The molecule has 1 atom stereocenters. The molecule has 0 fully saturated rings. The highest BCUT2D eigenvalue weighted by atomic mass is 32.2. The van der Waals surface area contributed by atoms with Crippen LogP contribution in [0.5, 0.6) is 0 Å². The molecular formula is C20H20FN5OS. The van der Waals surface area contributed by atoms with Crippen molar-refractivity contribution in [2.45, 2.75) is 30.3 Å². The van der Waals surface area contributed by atoms with E-state index in [-0.39, 0.29) is 11.6 Å². The van der Waals surface area contributed by atoms with Crippen LogP contribution in [0.15, 0.2) is 66.6 Å². The Labute approximate surface area is 166 Å². The fourth-order valence-electron chi connectivity index (χ4n) is 2.60. The van der Waals surface area contributed by atoms with Crippen LogP contribution in [0, 0.1) is 5.82 Å². The number of carbonyl (C=O) groups is 1. The van der Waals surface area contributed by atoms with Gasteiger partial charge in [-0.1, -0.05) is 36.9 Å². The third kappa shape index (κ3) is 4.45. The average Bonchev–Trinajstić information content (AvgIpc) is 3.11. The minimum atomic E-state index is -0.468. The van der Waals surface area contributed by atoms with Gasteiger partial charge in [0.15, 0.2) is 11.0 Å². The normalized spacial score (nSPS) is 11.8. The number of halogens is 1. The molecule has 144 valence electrons. The standard InChI is InChI=1S/C20H20FN5OS/c1-3-12-26-18(14-8-7-11-22-13-14)24-25-20(26)28-17(4-2)19(27)23-16-10-6-5-9-15(16)21/h3,5-11,13,17H,1,4,12H2,2H3,(H,23,27)/t17-/m1/s1. The molecule has 3 rings (SSSR count). The van der Waals surface area contributed by atoms with E-state index in [0.29, 0.717) is 23.9 Å². The second kappa shape index (κ2) is 9.27. The number of aromatic nitrogens is 4. The summed E-state index contributed by atoms with van der Waals surface area (Å²) in [4.78, 5) is 16.8. The highest BCUT2D eigenvalue weighted by Crippen LogP contribution is 2.29. The molecule has 0 spiro atoms. The van der Waals surface area contributed by atoms with Crippen LogP contribution in [0.1, 0.15) is 13.3 Å². The van der Waals surface area contributed by atoms with Gasteiger partial charge in [0.25, 0.3) is 0 Å². The summed E-state index contributed by atoms with van der Waals surface area (Å²) in [6.07, 6.45) is 5.69. The summed E-state index contributed by atoms with van der Waals surface area (Å²) in [7, 11) is 0. The first-order valence-electron chi connectivity index (χ1n) is 8.80. The molecule has 1 amide bonds. The number of hydrogen-bond donors (Lipinski definition) is 1. The average molecular weight is 397 g/mol. The van der Waals surface area contributed by atoms with E-state index in [9.17, 15) is 9.18 Å². The van der Waals surface area contributed by atoms with Crippen molar-refractivity contribution in [1.29, 1.82) is 0 Å². The molecule has 2 aromatic heterocycles. The molecule has 0 aliphatic carbocycles. The summed E-state index contributed by atoms with van der Waals surface area (Å²) in [5.41, 5.74) is 0.989. The number of rotatable bonds is 8. The summed E-state index contributed by atoms with van der Waals surface area (Å²) >= 11 is 1.29. The molecule has 8 heteroatoms. The summed E-state index contributed by atoms with van der Waals surface area (Å²) in [6, 6.07) is 9.82. The first kappa shape index (κ1) is 19.8. The maximum atomic E-state index is 13.8. The number of hydrogen-bond acceptors (Lipinski definition) is 5. The number of pyridine rings is 1. The summed E-state index contributed by atoms with van der Waals surface area (Å²) in [5, 5.41) is 11.3. The van der Waals surface area contributed by atoms with Gasteiger partial charge in [-0.05, 0) is 30.7 Å². The molecule has 0 radical (unpaired) electrons. The van der Waals surface area contributed by atoms with E-state index in [4.69, 9.17) is 0 Å². The molecule has 1 N–H and O–H groups in total. The van der Waals surface area contributed by atoms with E-state index in [1.165, 1.54) is 23.9 Å². The van der Waals surface area contributed by atoms with E-state index >= 15 is 0 Å². The van der Waals surface area contributed by atoms with E-state index in [1.807, 2.05) is 23.6 Å². The number of benzene rings is 1. The van der Waals surface area contributed by atoms with Crippen molar-refractivity contribution in [1.82, 2.24) is 19.7 Å². The lowest BCUT2D eigenvalue weighted by Crippen LogP contribution is -2.25. The van der Waals surface area contributed by atoms with Crippen molar-refractivity contribution in [3.63, 3.8) is 0 Å². The van der Waals surface area contributed by atoms with E-state index in [0.717, 1.165) is 5.56 Å². The molecule has 1 aromatic carbocycles. The molecule has 0 bridgehead atoms. The van der Waals surface area contributed by atoms with Crippen molar-refractivity contribution < 1.29 is 9.18 Å². The number of para-hydroxylation sites is 1. The van der Waals surface area contributed by atoms with Gasteiger partial charge in [-0.25, -0.2) is 4.39 Å². The summed E-state index contributed by atoms with van der Waals surface area (Å²) in [5.74, 6) is -0.0991. The van der Waals surface area contributed by atoms with E-state index in [2.05, 4.69) is 27.1 Å². The number of nitrogens with zero attached hydrogens (tertiary/aromatic N) is 4. The van der Waals surface area contributed by atoms with E-state index < -0.39 is 11.1 Å². The van der Waals surface area contributed by atoms with Crippen LogP contribution in [0.25, 0.3) is 11.4 Å². The Bertz CT molecular complexity index is 960. The van der Waals surface area contributed by atoms with Crippen LogP contribution >= 0.6 is 11.8 Å². The van der Waals surface area contributed by atoms with Gasteiger partial charge in [0.2, 0.25) is 5.91 Å². The molecule has 6 nitrogen and oxygen atoms in total. The van der Waals surface area contributed by atoms with Crippen molar-refractivity contribution >= 4 is 23.4 Å². The molecule has 0 aliphatic rings. The SMILES string of the molecule is C=CCn1c(S[C@H](CC)C(=O)Nc2ccccc2F)nnc1-c1cccnc1. The third-order valence-corrected chi connectivity index (χ3v) is 5.34. The number of nitrogens with one attached hydrogen (secondary N) is 1. The first-order valence-corrected chi connectivity index (χ1v) is 9.68. The minimum absolute atomic E-state index is 0.162. The van der Waals surface area contributed by atoms with Crippen LogP contribution < -0.4 is 5.32 Å². The maximum Gasteiger partial charge on any atom is 0.238 e. The van der Waals surface area contributed by atoms with Gasteiger partial charge in [-0.15, -0.1) is 16.8 Å². The zero-order valence-corrected chi connectivity index (χ0v) is 16.2. The number of carbonyl (C=O) groups excluding carboxylic acids is 1. The smallest absolute Gasteiger partial charge is 0.238 e. The van der Waals surface area contributed by atoms with Gasteiger partial charge < -0.3 is 5.32 Å². The minimum Gasteiger partial charge on any atom is -0.323 e. The van der Waals surface area contributed by atoms with Gasteiger partial charge >= 0.3 is 0 Å². The molecule has 0 unspecified atom stereocenters. The Morgan fingerprint density at radius 1 is 1.32 bits per heavy atom. The van der Waals surface area contributed by atoms with Gasteiger partial charge in [-0.2, -0.15) is 0 Å². The molecule has 28 heavy (non-hydrogen) atoms. The quantitative estimate of drug-likeness (QED) is 0.456. The Balaban J connectivity index is 1.82. The van der Waals surface area contributed by atoms with Crippen molar-refractivity contribution in [2.24, 2.45) is 0 Å². The molecule has 0 saturated heterocycles. The van der Waals surface area contributed by atoms with Crippen molar-refractivity contribution in [3.05, 3.63) is 67.3 Å². The second-order valence-corrected chi connectivity index (χ2v) is 7.10. The zero-order valence-electron chi connectivity index (χ0n) is 15.4. The van der Waals surface area contributed by atoms with Crippen LogP contribution in [-0.2, 0) is 11.3 Å². The lowest BCUT2D eigenvalue weighted by atomic mass is 10.2. The van der Waals surface area contributed by atoms with Gasteiger partial charge in [0, 0.05) is 24.5 Å². The van der Waals surface area contributed by atoms with Crippen molar-refractivity contribution in [3.8, 4) is 11.4 Å². The molecule has 3 aromatic rings. The predicted molar refractivity (Wildman–Crippen MR) is 108 cm³/mol. The Morgan fingerprint density at radius 2 is 2.14 bits per heavy atom. The fraction of sp³-hybridized carbons (Fsp3) is 0.200. The van der Waals surface area contributed by atoms with Gasteiger partial charge in [-0.3, -0.25) is 14.3 Å². The van der Waals surface area contributed by atoms with Crippen LogP contribution in [0.3, 0.4) is 0 Å². The highest BCUT2D eigenvalue weighted by molar-refractivity contribution is 8.00. The molecule has 0 saturated carbocycles.